The van der Waals surface area contributed by atoms with Gasteiger partial charge in [0, 0.05) is 12.1 Å². The third-order valence-corrected chi connectivity index (χ3v) is 3.73. The molecule has 0 aromatic heterocycles. The fraction of sp³-hybridized carbons (Fsp3) is 0.250. The number of anilines is 2. The molecule has 0 saturated heterocycles. The number of benzene rings is 2. The number of halogens is 3. The second kappa shape index (κ2) is 9.72. The van der Waals surface area contributed by atoms with Gasteiger partial charge in [-0.25, -0.2) is 0 Å². The lowest BCUT2D eigenvalue weighted by atomic mass is 10.1. The molecule has 0 aliphatic carbocycles. The molecule has 29 heavy (non-hydrogen) atoms. The monoisotopic (exact) mass is 408 g/mol. The highest BCUT2D eigenvalue weighted by Crippen LogP contribution is 2.34. The first-order chi connectivity index (χ1) is 13.6. The van der Waals surface area contributed by atoms with Gasteiger partial charge < -0.3 is 15.4 Å². The van der Waals surface area contributed by atoms with Gasteiger partial charge in [-0.1, -0.05) is 24.3 Å². The quantitative estimate of drug-likeness (QED) is 0.681. The molecule has 0 fully saturated rings. The van der Waals surface area contributed by atoms with Gasteiger partial charge in [-0.15, -0.1) is 0 Å². The van der Waals surface area contributed by atoms with Crippen LogP contribution in [-0.4, -0.2) is 24.4 Å². The highest BCUT2D eigenvalue weighted by atomic mass is 19.4. The molecular weight excluding hydrogens is 389 g/mol. The highest BCUT2D eigenvalue weighted by molar-refractivity contribution is 5.95. The first-order valence-corrected chi connectivity index (χ1v) is 8.63. The highest BCUT2D eigenvalue weighted by Gasteiger charge is 2.33. The maximum atomic E-state index is 12.9. The van der Waals surface area contributed by atoms with Gasteiger partial charge in [0.25, 0.3) is 5.91 Å². The zero-order chi connectivity index (χ0) is 21.4. The van der Waals surface area contributed by atoms with Crippen LogP contribution in [-0.2, 0) is 25.3 Å². The number of carbonyl (C=O) groups excluding carboxylic acids is 3. The lowest BCUT2D eigenvalue weighted by Gasteiger charge is -2.13. The number of esters is 1. The van der Waals surface area contributed by atoms with Crippen LogP contribution in [0.3, 0.4) is 0 Å². The number of alkyl halides is 3. The van der Waals surface area contributed by atoms with Gasteiger partial charge in [-0.05, 0) is 36.8 Å². The van der Waals surface area contributed by atoms with Crippen LogP contribution >= 0.6 is 0 Å². The Balaban J connectivity index is 1.76. The van der Waals surface area contributed by atoms with E-state index in [2.05, 4.69) is 10.6 Å². The summed E-state index contributed by atoms with van der Waals surface area (Å²) >= 11 is 0. The van der Waals surface area contributed by atoms with E-state index in [9.17, 15) is 27.6 Å². The molecule has 2 aromatic rings. The zero-order valence-electron chi connectivity index (χ0n) is 15.5. The minimum Gasteiger partial charge on any atom is -0.456 e. The second-order valence-corrected chi connectivity index (χ2v) is 6.17. The van der Waals surface area contributed by atoms with Gasteiger partial charge in [0.05, 0.1) is 17.7 Å². The summed E-state index contributed by atoms with van der Waals surface area (Å²) in [5.74, 6) is -2.14. The maximum absolute atomic E-state index is 12.9. The molecule has 0 unspecified atom stereocenters. The van der Waals surface area contributed by atoms with E-state index in [1.807, 2.05) is 13.0 Å². The molecule has 0 aliphatic heterocycles. The number of rotatable bonds is 7. The third kappa shape index (κ3) is 7.28. The first kappa shape index (κ1) is 21.9. The van der Waals surface area contributed by atoms with Crippen molar-refractivity contribution in [2.75, 3.05) is 17.2 Å². The van der Waals surface area contributed by atoms with E-state index in [-0.39, 0.29) is 12.8 Å². The van der Waals surface area contributed by atoms with Crippen molar-refractivity contribution in [1.82, 2.24) is 0 Å². The van der Waals surface area contributed by atoms with Gasteiger partial charge in [-0.2, -0.15) is 13.2 Å². The number of amides is 2. The van der Waals surface area contributed by atoms with Crippen LogP contribution < -0.4 is 10.6 Å². The van der Waals surface area contributed by atoms with Crippen LogP contribution in [0.2, 0.25) is 0 Å². The summed E-state index contributed by atoms with van der Waals surface area (Å²) in [6.07, 6.45) is -5.07. The molecule has 154 valence electrons. The molecule has 0 heterocycles. The van der Waals surface area contributed by atoms with Crippen LogP contribution in [0.4, 0.5) is 24.5 Å². The number of hydrogen-bond acceptors (Lipinski definition) is 4. The molecule has 2 rings (SSSR count). The third-order valence-electron chi connectivity index (χ3n) is 3.73. The molecule has 0 saturated carbocycles. The Morgan fingerprint density at radius 2 is 1.66 bits per heavy atom. The van der Waals surface area contributed by atoms with Crippen molar-refractivity contribution < 1.29 is 32.3 Å². The molecule has 0 bridgehead atoms. The van der Waals surface area contributed by atoms with E-state index >= 15 is 0 Å². The van der Waals surface area contributed by atoms with Gasteiger partial charge in [-0.3, -0.25) is 14.4 Å². The van der Waals surface area contributed by atoms with E-state index < -0.39 is 41.8 Å². The number of para-hydroxylation sites is 1. The smallest absolute Gasteiger partial charge is 0.418 e. The van der Waals surface area contributed by atoms with Crippen LogP contribution in [0, 0.1) is 6.92 Å². The van der Waals surface area contributed by atoms with Crippen molar-refractivity contribution in [1.29, 1.82) is 0 Å². The number of nitrogens with one attached hydrogen (secondary N) is 2. The Morgan fingerprint density at radius 1 is 0.931 bits per heavy atom. The van der Waals surface area contributed by atoms with Crippen molar-refractivity contribution in [3.05, 3.63) is 59.7 Å². The van der Waals surface area contributed by atoms with Gasteiger partial charge in [0.2, 0.25) is 5.91 Å². The molecule has 2 N–H and O–H groups in total. The average Bonchev–Trinajstić information content (AvgIpc) is 2.64. The van der Waals surface area contributed by atoms with Crippen LogP contribution in [0.15, 0.2) is 48.5 Å². The van der Waals surface area contributed by atoms with Crippen molar-refractivity contribution in [2.24, 2.45) is 0 Å². The lowest BCUT2D eigenvalue weighted by molar-refractivity contribution is -0.148. The molecule has 0 aliphatic rings. The van der Waals surface area contributed by atoms with Crippen molar-refractivity contribution in [3.8, 4) is 0 Å². The summed E-state index contributed by atoms with van der Waals surface area (Å²) in [7, 11) is 0. The Bertz CT molecular complexity index is 897. The van der Waals surface area contributed by atoms with Gasteiger partial charge in [0.15, 0.2) is 6.61 Å². The largest absolute Gasteiger partial charge is 0.456 e. The molecule has 2 aromatic carbocycles. The molecule has 2 amide bonds. The molecular formula is C20H19F3N2O4. The second-order valence-electron chi connectivity index (χ2n) is 6.17. The number of aryl methyl sites for hydroxylation is 1. The number of carbonyl (C=O) groups is 3. The fourth-order valence-electron chi connectivity index (χ4n) is 2.41. The Morgan fingerprint density at radius 3 is 2.34 bits per heavy atom. The van der Waals surface area contributed by atoms with Gasteiger partial charge in [0.1, 0.15) is 0 Å². The number of ether oxygens (including phenoxy) is 1. The Hall–Kier alpha value is -3.36. The summed E-state index contributed by atoms with van der Waals surface area (Å²) in [6.45, 7) is 1.11. The van der Waals surface area contributed by atoms with Crippen molar-refractivity contribution in [3.63, 3.8) is 0 Å². The zero-order valence-corrected chi connectivity index (χ0v) is 15.5. The van der Waals surface area contributed by atoms with E-state index in [1.54, 1.807) is 18.2 Å². The number of hydrogen-bond donors (Lipinski definition) is 2. The summed E-state index contributed by atoms with van der Waals surface area (Å²) in [6, 6.07) is 11.6. The summed E-state index contributed by atoms with van der Waals surface area (Å²) < 4.78 is 43.4. The molecule has 0 spiro atoms. The topological polar surface area (TPSA) is 84.5 Å². The van der Waals surface area contributed by atoms with Crippen LogP contribution in [0.25, 0.3) is 0 Å². The minimum atomic E-state index is -4.63. The Kier molecular flexibility index (Phi) is 7.35. The molecule has 9 heteroatoms. The van der Waals surface area contributed by atoms with E-state index in [4.69, 9.17) is 4.74 Å². The van der Waals surface area contributed by atoms with Crippen LogP contribution in [0.5, 0.6) is 0 Å². The standard InChI is InChI=1S/C20H19F3N2O4/c1-13-5-4-6-14(11-13)24-17(26)9-10-19(28)29-12-18(27)25-16-8-3-2-7-15(16)20(21,22)23/h2-8,11H,9-10,12H2,1H3,(H,24,26)(H,25,27). The summed E-state index contributed by atoms with van der Waals surface area (Å²) in [5.41, 5.74) is 0.109. The molecule has 0 radical (unpaired) electrons. The van der Waals surface area contributed by atoms with Gasteiger partial charge >= 0.3 is 12.1 Å². The summed E-state index contributed by atoms with van der Waals surface area (Å²) in [4.78, 5) is 35.3. The van der Waals surface area contributed by atoms with E-state index in [1.165, 1.54) is 12.1 Å². The molecule has 6 nitrogen and oxygen atoms in total. The predicted octanol–water partition coefficient (Wildman–Crippen LogP) is 3.91. The minimum absolute atomic E-state index is 0.161. The van der Waals surface area contributed by atoms with Crippen molar-refractivity contribution >= 4 is 29.2 Å². The maximum Gasteiger partial charge on any atom is 0.418 e. The fourth-order valence-corrected chi connectivity index (χ4v) is 2.41. The molecule has 0 atom stereocenters. The lowest BCUT2D eigenvalue weighted by Crippen LogP contribution is -2.23. The van der Waals surface area contributed by atoms with E-state index in [0.717, 1.165) is 17.7 Å². The first-order valence-electron chi connectivity index (χ1n) is 8.63. The van der Waals surface area contributed by atoms with Crippen LogP contribution in [0.1, 0.15) is 24.0 Å². The SMILES string of the molecule is Cc1cccc(NC(=O)CCC(=O)OCC(=O)Nc2ccccc2C(F)(F)F)c1. The van der Waals surface area contributed by atoms with E-state index in [0.29, 0.717) is 5.69 Å². The van der Waals surface area contributed by atoms with Crippen molar-refractivity contribution in [2.45, 2.75) is 25.9 Å². The predicted molar refractivity (Wildman–Crippen MR) is 100 cm³/mol. The normalized spacial score (nSPS) is 10.9. The summed E-state index contributed by atoms with van der Waals surface area (Å²) in [5, 5.41) is 4.68. The average molecular weight is 408 g/mol. The Labute approximate surface area is 165 Å².